The topological polar surface area (TPSA) is 58.2 Å². The van der Waals surface area contributed by atoms with Gasteiger partial charge in [0.25, 0.3) is 0 Å². The van der Waals surface area contributed by atoms with E-state index in [1.807, 2.05) is 18.2 Å². The average molecular weight is 338 g/mol. The van der Waals surface area contributed by atoms with Crippen LogP contribution in [0, 0.1) is 0 Å². The highest BCUT2D eigenvalue weighted by Gasteiger charge is 2.16. The van der Waals surface area contributed by atoms with Crippen LogP contribution in [-0.2, 0) is 0 Å². The number of hydrogen-bond donors (Lipinski definition) is 2. The number of ketones is 1. The molecule has 132 valence electrons. The van der Waals surface area contributed by atoms with Crippen molar-refractivity contribution < 1.29 is 9.59 Å². The molecule has 0 heterocycles. The molecule has 2 aromatic carbocycles. The normalized spacial score (nSPS) is 10.8. The Bertz CT molecular complexity index is 753. The fourth-order valence-electron chi connectivity index (χ4n) is 2.79. The Morgan fingerprint density at radius 3 is 1.92 bits per heavy atom. The minimum atomic E-state index is -0.310. The second kappa shape index (κ2) is 7.97. The van der Waals surface area contributed by atoms with Gasteiger partial charge in [0.05, 0.1) is 0 Å². The number of para-hydroxylation sites is 1. The Labute approximate surface area is 149 Å². The molecule has 0 spiro atoms. The molecule has 0 atom stereocenters. The standard InChI is InChI=1S/C21H26N2O2/c1-13(2)18-10-7-11-19(14(3)4)20(18)23-21(25)22-17-9-6-8-16(12-17)15(5)24/h6-14H,1-5H3,(H2,22,23,25). The molecule has 0 fully saturated rings. The van der Waals surface area contributed by atoms with Crippen LogP contribution in [0.25, 0.3) is 0 Å². The molecular weight excluding hydrogens is 312 g/mol. The third-order valence-electron chi connectivity index (χ3n) is 4.14. The highest BCUT2D eigenvalue weighted by atomic mass is 16.2. The number of urea groups is 1. The number of carbonyl (C=O) groups is 2. The first-order valence-corrected chi connectivity index (χ1v) is 8.61. The molecule has 0 radical (unpaired) electrons. The lowest BCUT2D eigenvalue weighted by Gasteiger charge is -2.20. The van der Waals surface area contributed by atoms with Crippen molar-refractivity contribution in [2.75, 3.05) is 10.6 Å². The lowest BCUT2D eigenvalue weighted by atomic mass is 9.93. The summed E-state index contributed by atoms with van der Waals surface area (Å²) in [4.78, 5) is 24.0. The van der Waals surface area contributed by atoms with Gasteiger partial charge in [0, 0.05) is 16.9 Å². The first-order chi connectivity index (χ1) is 11.8. The van der Waals surface area contributed by atoms with Crippen LogP contribution in [0.4, 0.5) is 16.2 Å². The Hall–Kier alpha value is -2.62. The number of nitrogens with one attached hydrogen (secondary N) is 2. The predicted octanol–water partition coefficient (Wildman–Crippen LogP) is 5.78. The van der Waals surface area contributed by atoms with Gasteiger partial charge in [-0.05, 0) is 42.0 Å². The fourth-order valence-corrected chi connectivity index (χ4v) is 2.79. The molecule has 0 aliphatic carbocycles. The highest BCUT2D eigenvalue weighted by molar-refractivity contribution is 6.02. The Morgan fingerprint density at radius 1 is 0.840 bits per heavy atom. The van der Waals surface area contributed by atoms with Crippen molar-refractivity contribution >= 4 is 23.2 Å². The number of anilines is 2. The number of hydrogen-bond acceptors (Lipinski definition) is 2. The van der Waals surface area contributed by atoms with Gasteiger partial charge in [0.2, 0.25) is 0 Å². The molecule has 25 heavy (non-hydrogen) atoms. The minimum absolute atomic E-state index is 0.0312. The SMILES string of the molecule is CC(=O)c1cccc(NC(=O)Nc2c(C(C)C)cccc2C(C)C)c1. The van der Waals surface area contributed by atoms with Crippen molar-refractivity contribution in [2.24, 2.45) is 0 Å². The molecule has 0 unspecified atom stereocenters. The molecule has 0 saturated heterocycles. The number of carbonyl (C=O) groups excluding carboxylic acids is 2. The molecule has 2 amide bonds. The molecule has 0 bridgehead atoms. The van der Waals surface area contributed by atoms with Gasteiger partial charge in [0.1, 0.15) is 0 Å². The van der Waals surface area contributed by atoms with Crippen molar-refractivity contribution in [3.63, 3.8) is 0 Å². The van der Waals surface area contributed by atoms with Gasteiger partial charge in [0.15, 0.2) is 5.78 Å². The summed E-state index contributed by atoms with van der Waals surface area (Å²) in [7, 11) is 0. The van der Waals surface area contributed by atoms with Crippen LogP contribution in [0.1, 0.15) is 67.9 Å². The van der Waals surface area contributed by atoms with Gasteiger partial charge in [-0.3, -0.25) is 4.79 Å². The average Bonchev–Trinajstić information content (AvgIpc) is 2.54. The molecule has 4 nitrogen and oxygen atoms in total. The van der Waals surface area contributed by atoms with Crippen LogP contribution >= 0.6 is 0 Å². The molecule has 2 N–H and O–H groups in total. The molecule has 0 aromatic heterocycles. The van der Waals surface area contributed by atoms with Crippen LogP contribution < -0.4 is 10.6 Å². The quantitative estimate of drug-likeness (QED) is 0.679. The Kier molecular flexibility index (Phi) is 5.97. The van der Waals surface area contributed by atoms with E-state index in [1.54, 1.807) is 24.3 Å². The number of benzene rings is 2. The van der Waals surface area contributed by atoms with Crippen LogP contribution in [0.15, 0.2) is 42.5 Å². The van der Waals surface area contributed by atoms with E-state index in [1.165, 1.54) is 6.92 Å². The highest BCUT2D eigenvalue weighted by Crippen LogP contribution is 2.32. The van der Waals surface area contributed by atoms with Crippen molar-refractivity contribution in [2.45, 2.75) is 46.5 Å². The van der Waals surface area contributed by atoms with Crippen molar-refractivity contribution in [3.8, 4) is 0 Å². The van der Waals surface area contributed by atoms with Gasteiger partial charge in [-0.15, -0.1) is 0 Å². The maximum atomic E-state index is 12.5. The summed E-state index contributed by atoms with van der Waals surface area (Å²) >= 11 is 0. The molecule has 0 aliphatic rings. The first kappa shape index (κ1) is 18.7. The van der Waals surface area contributed by atoms with Gasteiger partial charge in [-0.1, -0.05) is 58.0 Å². The molecule has 2 rings (SSSR count). The van der Waals surface area contributed by atoms with E-state index >= 15 is 0 Å². The molecule has 0 aliphatic heterocycles. The largest absolute Gasteiger partial charge is 0.323 e. The zero-order valence-electron chi connectivity index (χ0n) is 15.5. The smallest absolute Gasteiger partial charge is 0.308 e. The van der Waals surface area contributed by atoms with E-state index in [0.29, 0.717) is 23.1 Å². The first-order valence-electron chi connectivity index (χ1n) is 8.61. The van der Waals surface area contributed by atoms with Crippen LogP contribution in [0.2, 0.25) is 0 Å². The van der Waals surface area contributed by atoms with E-state index < -0.39 is 0 Å². The summed E-state index contributed by atoms with van der Waals surface area (Å²) in [5, 5.41) is 5.82. The van der Waals surface area contributed by atoms with E-state index in [9.17, 15) is 9.59 Å². The van der Waals surface area contributed by atoms with Crippen LogP contribution in [-0.4, -0.2) is 11.8 Å². The maximum absolute atomic E-state index is 12.5. The zero-order valence-corrected chi connectivity index (χ0v) is 15.5. The number of amides is 2. The maximum Gasteiger partial charge on any atom is 0.323 e. The lowest BCUT2D eigenvalue weighted by Crippen LogP contribution is -2.22. The monoisotopic (exact) mass is 338 g/mol. The summed E-state index contributed by atoms with van der Waals surface area (Å²) in [6.45, 7) is 9.95. The van der Waals surface area contributed by atoms with Crippen molar-refractivity contribution in [3.05, 3.63) is 59.2 Å². The van der Waals surface area contributed by atoms with E-state index in [-0.39, 0.29) is 11.8 Å². The summed E-state index contributed by atoms with van der Waals surface area (Å²) in [6, 6.07) is 12.7. The second-order valence-electron chi connectivity index (χ2n) is 6.84. The van der Waals surface area contributed by atoms with Crippen LogP contribution in [0.5, 0.6) is 0 Å². The van der Waals surface area contributed by atoms with E-state index in [4.69, 9.17) is 0 Å². The van der Waals surface area contributed by atoms with Crippen molar-refractivity contribution in [1.29, 1.82) is 0 Å². The summed E-state index contributed by atoms with van der Waals surface area (Å²) in [5.41, 5.74) is 4.26. The summed E-state index contributed by atoms with van der Waals surface area (Å²) in [6.07, 6.45) is 0. The molecule has 4 heteroatoms. The third-order valence-corrected chi connectivity index (χ3v) is 4.14. The van der Waals surface area contributed by atoms with Gasteiger partial charge in [-0.25, -0.2) is 4.79 Å². The molecule has 0 saturated carbocycles. The Morgan fingerprint density at radius 2 is 1.40 bits per heavy atom. The Balaban J connectivity index is 2.26. The van der Waals surface area contributed by atoms with Gasteiger partial charge >= 0.3 is 6.03 Å². The second-order valence-corrected chi connectivity index (χ2v) is 6.84. The summed E-state index contributed by atoms with van der Waals surface area (Å²) < 4.78 is 0. The van der Waals surface area contributed by atoms with Crippen LogP contribution in [0.3, 0.4) is 0 Å². The van der Waals surface area contributed by atoms with Crippen molar-refractivity contribution in [1.82, 2.24) is 0 Å². The number of Topliss-reactive ketones (excluding diaryl/α,β-unsaturated/α-hetero) is 1. The fraction of sp³-hybridized carbons (Fsp3) is 0.333. The molecule has 2 aromatic rings. The van der Waals surface area contributed by atoms with Gasteiger partial charge in [-0.2, -0.15) is 0 Å². The zero-order chi connectivity index (χ0) is 18.6. The van der Waals surface area contributed by atoms with E-state index in [0.717, 1.165) is 16.8 Å². The predicted molar refractivity (Wildman–Crippen MR) is 104 cm³/mol. The van der Waals surface area contributed by atoms with Gasteiger partial charge < -0.3 is 10.6 Å². The third kappa shape index (κ3) is 4.69. The van der Waals surface area contributed by atoms with E-state index in [2.05, 4.69) is 38.3 Å². The lowest BCUT2D eigenvalue weighted by molar-refractivity contribution is 0.101. The molecular formula is C21H26N2O2. The summed E-state index contributed by atoms with van der Waals surface area (Å²) in [5.74, 6) is 0.571. The minimum Gasteiger partial charge on any atom is -0.308 e. The number of rotatable bonds is 5.